The van der Waals surface area contributed by atoms with Crippen LogP contribution in [0.2, 0.25) is 0 Å². The van der Waals surface area contributed by atoms with E-state index >= 15 is 0 Å². The minimum Gasteiger partial charge on any atom is -0.429 e. The molecule has 0 aromatic heterocycles. The van der Waals surface area contributed by atoms with Crippen molar-refractivity contribution in [3.8, 4) is 0 Å². The summed E-state index contributed by atoms with van der Waals surface area (Å²) >= 11 is 0. The lowest BCUT2D eigenvalue weighted by Crippen LogP contribution is -2.10. The molecule has 0 N–H and O–H groups in total. The summed E-state index contributed by atoms with van der Waals surface area (Å²) in [6.45, 7) is 6.73. The van der Waals surface area contributed by atoms with Gasteiger partial charge >= 0.3 is 6.16 Å². The lowest BCUT2D eigenvalue weighted by Gasteiger charge is -2.11. The third-order valence-corrected chi connectivity index (χ3v) is 4.28. The monoisotopic (exact) mass is 412 g/mol. The van der Waals surface area contributed by atoms with Gasteiger partial charge in [0.2, 0.25) is 0 Å². The highest BCUT2D eigenvalue weighted by Crippen LogP contribution is 2.25. The Bertz CT molecular complexity index is 908. The van der Waals surface area contributed by atoms with Crippen LogP contribution in [0.25, 0.3) is 0 Å². The van der Waals surface area contributed by atoms with E-state index in [1.165, 1.54) is 36.4 Å². The molecule has 0 radical (unpaired) electrons. The van der Waals surface area contributed by atoms with E-state index in [-0.39, 0.29) is 37.4 Å². The van der Waals surface area contributed by atoms with Crippen LogP contribution in [0.5, 0.6) is 0 Å². The Morgan fingerprint density at radius 1 is 0.833 bits per heavy atom. The van der Waals surface area contributed by atoms with E-state index in [1.54, 1.807) is 12.1 Å². The lowest BCUT2D eigenvalue weighted by molar-refractivity contribution is -0.385. The van der Waals surface area contributed by atoms with E-state index in [0.717, 1.165) is 0 Å². The Hall–Kier alpha value is -4.01. The Balaban J connectivity index is 2.08. The van der Waals surface area contributed by atoms with Crippen LogP contribution in [-0.2, 0) is 35.5 Å². The first-order valence-corrected chi connectivity index (χ1v) is 8.90. The van der Waals surface area contributed by atoms with Crippen LogP contribution in [0.4, 0.5) is 16.2 Å². The van der Waals surface area contributed by atoms with Crippen LogP contribution in [-0.4, -0.2) is 16.0 Å². The number of rotatable bonds is 10. The fourth-order valence-electron chi connectivity index (χ4n) is 2.93. The topological polar surface area (TPSA) is 122 Å². The fourth-order valence-corrected chi connectivity index (χ4v) is 2.93. The van der Waals surface area contributed by atoms with Gasteiger partial charge in [0.1, 0.15) is 13.2 Å². The minimum atomic E-state index is -0.998. The number of nitrogens with zero attached hydrogens (tertiary/aromatic N) is 2. The number of hydrogen-bond donors (Lipinski definition) is 0. The fraction of sp³-hybridized carbons (Fsp3) is 0.190. The summed E-state index contributed by atoms with van der Waals surface area (Å²) in [6.07, 6.45) is 2.52. The summed E-state index contributed by atoms with van der Waals surface area (Å²) in [5, 5.41) is 22.4. The maximum Gasteiger partial charge on any atom is 0.508 e. The zero-order chi connectivity index (χ0) is 22.1. The molecule has 0 fully saturated rings. The average molecular weight is 412 g/mol. The Kier molecular flexibility index (Phi) is 7.81. The van der Waals surface area contributed by atoms with Gasteiger partial charge in [-0.3, -0.25) is 20.2 Å². The van der Waals surface area contributed by atoms with E-state index in [9.17, 15) is 25.0 Å². The standard InChI is InChI=1S/C21H20N2O7/c1-3-7-17-15(9-5-11-19(17)22(25)26)13-29-21(24)30-14-16-10-6-12-20(23(27)28)18(16)8-4-2/h3-6,9-12H,1-2,7-8,13-14H2. The molecule has 30 heavy (non-hydrogen) atoms. The number of hydrogen-bond acceptors (Lipinski definition) is 7. The normalized spacial score (nSPS) is 10.1. The van der Waals surface area contributed by atoms with Crippen molar-refractivity contribution < 1.29 is 24.1 Å². The summed E-state index contributed by atoms with van der Waals surface area (Å²) in [4.78, 5) is 33.4. The molecular weight excluding hydrogens is 392 g/mol. The predicted octanol–water partition coefficient (Wildman–Crippen LogP) is 4.81. The van der Waals surface area contributed by atoms with Crippen molar-refractivity contribution in [2.45, 2.75) is 26.1 Å². The quantitative estimate of drug-likeness (QED) is 0.237. The zero-order valence-electron chi connectivity index (χ0n) is 16.1. The molecule has 0 unspecified atom stereocenters. The first-order valence-electron chi connectivity index (χ1n) is 8.90. The molecule has 2 rings (SSSR count). The van der Waals surface area contributed by atoms with Crippen LogP contribution in [0.3, 0.4) is 0 Å². The summed E-state index contributed by atoms with van der Waals surface area (Å²) in [5.41, 5.74) is 1.55. The molecule has 0 bridgehead atoms. The highest BCUT2D eigenvalue weighted by atomic mass is 16.7. The van der Waals surface area contributed by atoms with E-state index < -0.39 is 16.0 Å². The number of nitro groups is 2. The second-order valence-corrected chi connectivity index (χ2v) is 6.16. The van der Waals surface area contributed by atoms with E-state index in [0.29, 0.717) is 22.3 Å². The number of benzene rings is 2. The number of ether oxygens (including phenoxy) is 2. The molecule has 156 valence electrons. The van der Waals surface area contributed by atoms with Crippen molar-refractivity contribution in [2.24, 2.45) is 0 Å². The van der Waals surface area contributed by atoms with Crippen molar-refractivity contribution in [2.75, 3.05) is 0 Å². The molecule has 0 aliphatic carbocycles. The van der Waals surface area contributed by atoms with Gasteiger partial charge in [0.25, 0.3) is 11.4 Å². The lowest BCUT2D eigenvalue weighted by atomic mass is 10.0. The van der Waals surface area contributed by atoms with Crippen LogP contribution >= 0.6 is 0 Å². The third kappa shape index (κ3) is 5.51. The SMILES string of the molecule is C=CCc1c(COC(=O)OCc2cccc([N+](=O)[O-])c2CC=C)cccc1[N+](=O)[O-]. The third-order valence-electron chi connectivity index (χ3n) is 4.28. The van der Waals surface area contributed by atoms with E-state index in [2.05, 4.69) is 13.2 Å². The molecule has 2 aromatic rings. The summed E-state index contributed by atoms with van der Waals surface area (Å²) in [5.74, 6) is 0. The van der Waals surface area contributed by atoms with E-state index in [1.807, 2.05) is 0 Å². The second kappa shape index (κ2) is 10.5. The maximum absolute atomic E-state index is 12.0. The van der Waals surface area contributed by atoms with Gasteiger partial charge in [0, 0.05) is 23.3 Å². The van der Waals surface area contributed by atoms with Crippen LogP contribution in [0.1, 0.15) is 22.3 Å². The summed E-state index contributed by atoms with van der Waals surface area (Å²) in [7, 11) is 0. The largest absolute Gasteiger partial charge is 0.508 e. The smallest absolute Gasteiger partial charge is 0.429 e. The molecule has 0 atom stereocenters. The first-order chi connectivity index (χ1) is 14.4. The Morgan fingerprint density at radius 3 is 1.57 bits per heavy atom. The highest BCUT2D eigenvalue weighted by molar-refractivity contribution is 5.60. The molecular formula is C21H20N2O7. The molecule has 0 amide bonds. The molecule has 9 nitrogen and oxygen atoms in total. The van der Waals surface area contributed by atoms with Crippen molar-refractivity contribution in [3.05, 3.63) is 104 Å². The van der Waals surface area contributed by atoms with Crippen molar-refractivity contribution in [3.63, 3.8) is 0 Å². The predicted molar refractivity (Wildman–Crippen MR) is 109 cm³/mol. The Labute approximate surface area is 172 Å². The molecule has 2 aromatic carbocycles. The van der Waals surface area contributed by atoms with Gasteiger partial charge in [-0.25, -0.2) is 4.79 Å². The van der Waals surface area contributed by atoms with Crippen LogP contribution in [0, 0.1) is 20.2 Å². The molecule has 0 heterocycles. The summed E-state index contributed by atoms with van der Waals surface area (Å²) < 4.78 is 10.2. The van der Waals surface area contributed by atoms with Crippen molar-refractivity contribution >= 4 is 17.5 Å². The zero-order valence-corrected chi connectivity index (χ0v) is 16.1. The number of allylic oxidation sites excluding steroid dienone is 2. The summed E-state index contributed by atoms with van der Waals surface area (Å²) in [6, 6.07) is 8.96. The Morgan fingerprint density at radius 2 is 1.23 bits per heavy atom. The number of nitro benzene ring substituents is 2. The van der Waals surface area contributed by atoms with Gasteiger partial charge in [-0.1, -0.05) is 36.4 Å². The molecule has 0 saturated carbocycles. The first kappa shape index (κ1) is 22.3. The van der Waals surface area contributed by atoms with Crippen molar-refractivity contribution in [1.82, 2.24) is 0 Å². The minimum absolute atomic E-state index is 0.0879. The van der Waals surface area contributed by atoms with Gasteiger partial charge in [-0.2, -0.15) is 0 Å². The van der Waals surface area contributed by atoms with Gasteiger partial charge in [-0.05, 0) is 24.0 Å². The average Bonchev–Trinajstić information content (AvgIpc) is 2.72. The number of carbonyl (C=O) groups excluding carboxylic acids is 1. The number of carbonyl (C=O) groups is 1. The van der Waals surface area contributed by atoms with E-state index in [4.69, 9.17) is 9.47 Å². The van der Waals surface area contributed by atoms with Gasteiger partial charge < -0.3 is 9.47 Å². The molecule has 9 heteroatoms. The van der Waals surface area contributed by atoms with Gasteiger partial charge in [0.15, 0.2) is 0 Å². The van der Waals surface area contributed by atoms with Gasteiger partial charge in [0.05, 0.1) is 9.85 Å². The van der Waals surface area contributed by atoms with Crippen LogP contribution in [0.15, 0.2) is 61.7 Å². The molecule has 0 aliphatic rings. The van der Waals surface area contributed by atoms with Crippen molar-refractivity contribution in [1.29, 1.82) is 0 Å². The molecule has 0 aliphatic heterocycles. The second-order valence-electron chi connectivity index (χ2n) is 6.16. The highest BCUT2D eigenvalue weighted by Gasteiger charge is 2.19. The van der Waals surface area contributed by atoms with Crippen LogP contribution < -0.4 is 0 Å². The maximum atomic E-state index is 12.0. The molecule has 0 spiro atoms. The van der Waals surface area contributed by atoms with Gasteiger partial charge in [-0.15, -0.1) is 13.2 Å². The molecule has 0 saturated heterocycles.